The van der Waals surface area contributed by atoms with Crippen molar-refractivity contribution in [2.24, 2.45) is 0 Å². The number of aryl methyl sites for hydroxylation is 1. The van der Waals surface area contributed by atoms with Gasteiger partial charge in [0.2, 0.25) is 5.95 Å². The molecule has 7 rings (SSSR count). The van der Waals surface area contributed by atoms with E-state index >= 15 is 0 Å². The topological polar surface area (TPSA) is 166 Å². The summed E-state index contributed by atoms with van der Waals surface area (Å²) < 4.78 is 7.38. The highest BCUT2D eigenvalue weighted by molar-refractivity contribution is 5.84. The number of amides is 1. The van der Waals surface area contributed by atoms with Gasteiger partial charge in [0.15, 0.2) is 17.0 Å². The van der Waals surface area contributed by atoms with Gasteiger partial charge < -0.3 is 35.1 Å². The van der Waals surface area contributed by atoms with E-state index in [9.17, 15) is 15.0 Å². The van der Waals surface area contributed by atoms with E-state index in [-0.39, 0.29) is 17.9 Å². The van der Waals surface area contributed by atoms with Gasteiger partial charge in [0.1, 0.15) is 11.7 Å². The number of carbonyl (C=O) groups excluding carboxylic acids is 1. The maximum atomic E-state index is 12.6. The second-order valence-electron chi connectivity index (χ2n) is 14.6. The third-order valence-electron chi connectivity index (χ3n) is 9.99. The Labute approximate surface area is 297 Å². The predicted octanol–water partition coefficient (Wildman–Crippen LogP) is 4.91. The summed E-state index contributed by atoms with van der Waals surface area (Å²) in [6, 6.07) is 20.1. The molecule has 0 spiro atoms. The minimum atomic E-state index is -1.05. The summed E-state index contributed by atoms with van der Waals surface area (Å²) in [6.45, 7) is 9.25. The lowest BCUT2D eigenvalue weighted by atomic mass is 9.91. The molecule has 0 bridgehead atoms. The van der Waals surface area contributed by atoms with Crippen LogP contribution in [0.5, 0.6) is 0 Å². The molecular weight excluding hydrogens is 646 g/mol. The molecule has 1 aliphatic heterocycles. The number of aliphatic hydroxyl groups is 2. The van der Waals surface area contributed by atoms with Gasteiger partial charge in [-0.3, -0.25) is 5.10 Å². The molecule has 5 atom stereocenters. The number of H-pyrrole nitrogens is 1. The van der Waals surface area contributed by atoms with Crippen LogP contribution in [0.2, 0.25) is 0 Å². The molecular formula is C38H47N9O4. The van der Waals surface area contributed by atoms with Gasteiger partial charge in [-0.1, -0.05) is 67.6 Å². The van der Waals surface area contributed by atoms with Gasteiger partial charge >= 0.3 is 6.09 Å². The molecule has 1 amide bonds. The first-order chi connectivity index (χ1) is 24.6. The van der Waals surface area contributed by atoms with Crippen molar-refractivity contribution in [3.63, 3.8) is 0 Å². The molecule has 2 aliphatic rings. The number of anilines is 2. The number of rotatable bonds is 10. The van der Waals surface area contributed by atoms with Crippen molar-refractivity contribution >= 4 is 29.0 Å². The van der Waals surface area contributed by atoms with Crippen LogP contribution in [0.3, 0.4) is 0 Å². The summed E-state index contributed by atoms with van der Waals surface area (Å²) in [5, 5.41) is 36.6. The molecule has 1 saturated carbocycles. The lowest BCUT2D eigenvalue weighted by Crippen LogP contribution is -2.40. The van der Waals surface area contributed by atoms with E-state index < -0.39 is 29.9 Å². The lowest BCUT2D eigenvalue weighted by Gasteiger charge is -2.23. The number of nitrogens with one attached hydrogen (secondary N) is 3. The van der Waals surface area contributed by atoms with Crippen molar-refractivity contribution in [3.8, 4) is 0 Å². The van der Waals surface area contributed by atoms with E-state index in [2.05, 4.69) is 50.0 Å². The van der Waals surface area contributed by atoms with Gasteiger partial charge in [-0.15, -0.1) is 0 Å². The number of nitrogens with zero attached hydrogens (tertiary/aromatic N) is 6. The van der Waals surface area contributed by atoms with Gasteiger partial charge in [0.25, 0.3) is 0 Å². The lowest BCUT2D eigenvalue weighted by molar-refractivity contribution is 0.0173. The first kappa shape index (κ1) is 34.4. The van der Waals surface area contributed by atoms with E-state index in [0.29, 0.717) is 55.4 Å². The van der Waals surface area contributed by atoms with Crippen molar-refractivity contribution in [2.45, 2.75) is 88.7 Å². The Balaban J connectivity index is 1.22. The van der Waals surface area contributed by atoms with Gasteiger partial charge in [-0.05, 0) is 56.7 Å². The fourth-order valence-corrected chi connectivity index (χ4v) is 7.44. The Bertz CT molecular complexity index is 1900. The standard InChI is InChI=1S/C38H47N9O4/c1-5-23-19-41-45-30(23)27-18-29(33(49)32(27)48)47-22-40-31-34(39-20-28(24-12-8-6-9-13-24)25-14-10-7-11-15-25)43-36(44-35(31)47)46-17-16-26(21-46)42-37(50)51-38(2,3)4/h6-15,19,22,26-29,32-33,48-49H,5,16-18,20-21H2,1-4H3,(H,41,45)(H,42,50)(H,39,43,44)/t26-,27+,29-,32-,33+/m1/s1. The zero-order valence-electron chi connectivity index (χ0n) is 29.5. The van der Waals surface area contributed by atoms with Crippen molar-refractivity contribution in [1.82, 2.24) is 35.0 Å². The number of hydrogen-bond acceptors (Lipinski definition) is 10. The maximum Gasteiger partial charge on any atom is 0.407 e. The highest BCUT2D eigenvalue weighted by Gasteiger charge is 2.45. The van der Waals surface area contributed by atoms with Crippen molar-refractivity contribution in [1.29, 1.82) is 0 Å². The zero-order chi connectivity index (χ0) is 35.7. The summed E-state index contributed by atoms with van der Waals surface area (Å²) in [5.74, 6) is 0.768. The van der Waals surface area contributed by atoms with Gasteiger partial charge in [0.05, 0.1) is 30.7 Å². The minimum Gasteiger partial charge on any atom is -0.444 e. The van der Waals surface area contributed by atoms with Crippen LogP contribution in [-0.2, 0) is 11.2 Å². The first-order valence-corrected chi connectivity index (χ1v) is 17.8. The van der Waals surface area contributed by atoms with Crippen molar-refractivity contribution < 1.29 is 19.7 Å². The molecule has 0 unspecified atom stereocenters. The number of aromatic nitrogens is 6. The third-order valence-corrected chi connectivity index (χ3v) is 9.99. The van der Waals surface area contributed by atoms with E-state index in [1.54, 1.807) is 12.5 Å². The SMILES string of the molecule is CCc1cn[nH]c1[C@@H]1C[C@@H](n2cnc3c(NCC(c4ccccc4)c4ccccc4)nc(N4CC[C@@H](NC(=O)OC(C)(C)C)C4)nc32)[C@H](O)[C@@H]1O. The first-order valence-electron chi connectivity index (χ1n) is 17.8. The van der Waals surface area contributed by atoms with E-state index in [0.717, 1.165) is 17.7 Å². The van der Waals surface area contributed by atoms with Crippen molar-refractivity contribution in [3.05, 3.63) is 95.6 Å². The largest absolute Gasteiger partial charge is 0.444 e. The van der Waals surface area contributed by atoms with Gasteiger partial charge in [-0.2, -0.15) is 15.1 Å². The predicted molar refractivity (Wildman–Crippen MR) is 195 cm³/mol. The molecule has 51 heavy (non-hydrogen) atoms. The number of aliphatic hydroxyl groups excluding tert-OH is 2. The van der Waals surface area contributed by atoms with Crippen LogP contribution in [0.15, 0.2) is 73.2 Å². The van der Waals surface area contributed by atoms with Crippen LogP contribution in [-0.4, -0.2) is 89.5 Å². The van der Waals surface area contributed by atoms with Crippen LogP contribution in [0, 0.1) is 0 Å². The third kappa shape index (κ3) is 7.26. The number of alkyl carbamates (subject to hydrolysis) is 1. The summed E-state index contributed by atoms with van der Waals surface area (Å²) >= 11 is 0. The quantitative estimate of drug-likeness (QED) is 0.136. The summed E-state index contributed by atoms with van der Waals surface area (Å²) in [7, 11) is 0. The van der Waals surface area contributed by atoms with Gasteiger partial charge in [0, 0.05) is 37.2 Å². The second-order valence-corrected chi connectivity index (χ2v) is 14.6. The van der Waals surface area contributed by atoms with E-state index in [1.807, 2.05) is 68.7 Å². The highest BCUT2D eigenvalue weighted by Crippen LogP contribution is 2.43. The van der Waals surface area contributed by atoms with Crippen LogP contribution in [0.4, 0.5) is 16.6 Å². The molecule has 0 radical (unpaired) electrons. The Hall–Kier alpha value is -5.01. The molecule has 5 aromatic rings. The summed E-state index contributed by atoms with van der Waals surface area (Å²) in [6.07, 6.45) is 2.91. The number of hydrogen-bond donors (Lipinski definition) is 5. The zero-order valence-corrected chi connectivity index (χ0v) is 29.5. The number of fused-ring (bicyclic) bond motifs is 1. The molecule has 2 aromatic carbocycles. The molecule has 268 valence electrons. The van der Waals surface area contributed by atoms with Crippen LogP contribution < -0.4 is 15.5 Å². The minimum absolute atomic E-state index is 0.0341. The average Bonchev–Trinajstić information content (AvgIpc) is 3.92. The van der Waals surface area contributed by atoms with E-state index in [4.69, 9.17) is 19.7 Å². The van der Waals surface area contributed by atoms with Crippen molar-refractivity contribution in [2.75, 3.05) is 29.9 Å². The monoisotopic (exact) mass is 693 g/mol. The van der Waals surface area contributed by atoms with Gasteiger partial charge in [-0.25, -0.2) is 9.78 Å². The number of aromatic amines is 1. The molecule has 1 saturated heterocycles. The molecule has 13 heteroatoms. The molecule has 4 heterocycles. The Kier molecular flexibility index (Phi) is 9.67. The molecule has 1 aliphatic carbocycles. The Morgan fingerprint density at radius 3 is 2.41 bits per heavy atom. The fourth-order valence-electron chi connectivity index (χ4n) is 7.44. The molecule has 3 aromatic heterocycles. The number of imidazole rings is 1. The Morgan fingerprint density at radius 2 is 1.75 bits per heavy atom. The molecule has 13 nitrogen and oxygen atoms in total. The van der Waals surface area contributed by atoms with Crippen LogP contribution in [0.25, 0.3) is 11.2 Å². The second kappa shape index (κ2) is 14.3. The average molecular weight is 694 g/mol. The summed E-state index contributed by atoms with van der Waals surface area (Å²) in [5.41, 5.74) is 4.74. The smallest absolute Gasteiger partial charge is 0.407 e. The number of carbonyl (C=O) groups is 1. The highest BCUT2D eigenvalue weighted by atomic mass is 16.6. The normalized spacial score (nSPS) is 22.2. The van der Waals surface area contributed by atoms with E-state index in [1.165, 1.54) is 11.1 Å². The number of benzene rings is 2. The Morgan fingerprint density at radius 1 is 1.04 bits per heavy atom. The van der Waals surface area contributed by atoms with Crippen LogP contribution in [0.1, 0.15) is 80.8 Å². The number of ether oxygens (including phenoxy) is 1. The molecule has 2 fully saturated rings. The maximum absolute atomic E-state index is 12.6. The molecule has 5 N–H and O–H groups in total. The summed E-state index contributed by atoms with van der Waals surface area (Å²) in [4.78, 5) is 29.5. The van der Waals surface area contributed by atoms with Crippen LogP contribution >= 0.6 is 0 Å². The fraction of sp³-hybridized carbons (Fsp3) is 0.447.